The van der Waals surface area contributed by atoms with E-state index < -0.39 is 10.1 Å². The first-order chi connectivity index (χ1) is 5.20. The fraction of sp³-hybridized carbons (Fsp3) is 0. The molecule has 0 saturated carbocycles. The van der Waals surface area contributed by atoms with Crippen LogP contribution < -0.4 is 0 Å². The Morgan fingerprint density at radius 1 is 1.82 bits per heavy atom. The largest absolute Gasteiger partial charge is 0.465 e. The summed E-state index contributed by atoms with van der Waals surface area (Å²) in [5.74, 6) is 0.367. The predicted octanol–water partition coefficient (Wildman–Crippen LogP) is 2.09. The molecule has 5 heteroatoms. The Kier molecular flexibility index (Phi) is 2.28. The van der Waals surface area contributed by atoms with Crippen LogP contribution in [0.2, 0.25) is 0 Å². The first-order valence-corrected chi connectivity index (χ1v) is 3.13. The zero-order valence-electron chi connectivity index (χ0n) is 5.36. The molecule has 0 atom stereocenters. The zero-order chi connectivity index (χ0) is 8.27. The third kappa shape index (κ3) is 2.09. The fourth-order valence-corrected chi connectivity index (χ4v) is 0.651. The molecule has 0 aliphatic rings. The van der Waals surface area contributed by atoms with E-state index in [4.69, 9.17) is 16.0 Å². The Morgan fingerprint density at radius 3 is 3.00 bits per heavy atom. The summed E-state index contributed by atoms with van der Waals surface area (Å²) in [6.45, 7) is 0. The van der Waals surface area contributed by atoms with Crippen LogP contribution in [0.15, 0.2) is 28.0 Å². The van der Waals surface area contributed by atoms with E-state index in [0.717, 1.165) is 6.08 Å². The van der Waals surface area contributed by atoms with Crippen LogP contribution in [-0.2, 0) is 0 Å². The summed E-state index contributed by atoms with van der Waals surface area (Å²) >= 11 is 5.21. The summed E-state index contributed by atoms with van der Waals surface area (Å²) in [4.78, 5) is 9.30. The van der Waals surface area contributed by atoms with Crippen molar-refractivity contribution in [2.75, 3.05) is 0 Å². The second-order valence-electron chi connectivity index (χ2n) is 1.74. The van der Waals surface area contributed by atoms with Crippen LogP contribution in [0.1, 0.15) is 5.76 Å². The molecule has 0 radical (unpaired) electrons. The number of nitro groups is 1. The van der Waals surface area contributed by atoms with E-state index in [2.05, 4.69) is 0 Å². The van der Waals surface area contributed by atoms with Crippen molar-refractivity contribution in [3.8, 4) is 0 Å². The second kappa shape index (κ2) is 3.21. The minimum Gasteiger partial charge on any atom is -0.465 e. The maximum absolute atomic E-state index is 9.99. The number of hydrogen-bond donors (Lipinski definition) is 0. The van der Waals surface area contributed by atoms with Gasteiger partial charge < -0.3 is 4.42 Å². The highest BCUT2D eigenvalue weighted by atomic mass is 35.5. The lowest BCUT2D eigenvalue weighted by Gasteiger charge is -1.83. The van der Waals surface area contributed by atoms with E-state index in [0.29, 0.717) is 5.76 Å². The number of rotatable bonds is 2. The van der Waals surface area contributed by atoms with Crippen LogP contribution in [-0.4, -0.2) is 4.92 Å². The minimum absolute atomic E-state index is 0.367. The molecule has 0 amide bonds. The van der Waals surface area contributed by atoms with Crippen LogP contribution >= 0.6 is 11.6 Å². The average Bonchev–Trinajstić information content (AvgIpc) is 2.39. The van der Waals surface area contributed by atoms with Crippen molar-refractivity contribution in [2.45, 2.75) is 0 Å². The van der Waals surface area contributed by atoms with Gasteiger partial charge in [-0.15, -0.1) is 0 Å². The van der Waals surface area contributed by atoms with Gasteiger partial charge in [-0.2, -0.15) is 0 Å². The highest BCUT2D eigenvalue weighted by molar-refractivity contribution is 6.29. The van der Waals surface area contributed by atoms with Crippen molar-refractivity contribution >= 4 is 17.7 Å². The molecular weight excluding hydrogens is 170 g/mol. The third-order valence-electron chi connectivity index (χ3n) is 0.979. The fourth-order valence-electron chi connectivity index (χ4n) is 0.543. The molecule has 1 heterocycles. The molecule has 0 bridgehead atoms. The monoisotopic (exact) mass is 173 g/mol. The Bertz CT molecular complexity index is 278. The average molecular weight is 174 g/mol. The summed E-state index contributed by atoms with van der Waals surface area (Å²) in [6.07, 6.45) is 2.55. The van der Waals surface area contributed by atoms with E-state index in [9.17, 15) is 10.1 Å². The molecule has 0 N–H and O–H groups in total. The summed E-state index contributed by atoms with van der Waals surface area (Å²) in [7, 11) is 0. The molecule has 0 aromatic carbocycles. The molecular formula is C6H4ClNO3. The molecule has 0 aliphatic heterocycles. The molecule has 0 fully saturated rings. The molecule has 1 aromatic heterocycles. The number of halogens is 1. The zero-order valence-corrected chi connectivity index (χ0v) is 6.12. The van der Waals surface area contributed by atoms with Gasteiger partial charge >= 0.3 is 5.16 Å². The molecule has 0 spiro atoms. The number of furan rings is 1. The van der Waals surface area contributed by atoms with Gasteiger partial charge in [0.05, 0.1) is 17.3 Å². The van der Waals surface area contributed by atoms with Gasteiger partial charge in [0, 0.05) is 0 Å². The molecule has 1 rings (SSSR count). The Labute approximate surface area is 67.2 Å². The lowest BCUT2D eigenvalue weighted by atomic mass is 10.4. The molecule has 0 saturated heterocycles. The van der Waals surface area contributed by atoms with Crippen molar-refractivity contribution < 1.29 is 9.34 Å². The van der Waals surface area contributed by atoms with Crippen LogP contribution in [0.3, 0.4) is 0 Å². The van der Waals surface area contributed by atoms with E-state index in [1.54, 1.807) is 12.1 Å². The van der Waals surface area contributed by atoms with Gasteiger partial charge in [0.15, 0.2) is 0 Å². The maximum atomic E-state index is 9.99. The molecule has 0 unspecified atom stereocenters. The second-order valence-corrected chi connectivity index (χ2v) is 2.13. The van der Waals surface area contributed by atoms with E-state index in [1.807, 2.05) is 0 Å². The SMILES string of the molecule is O=[N+]([O-])C(Cl)=Cc1ccco1. The van der Waals surface area contributed by atoms with Crippen LogP contribution in [0.5, 0.6) is 0 Å². The number of hydrogen-bond acceptors (Lipinski definition) is 3. The number of nitrogens with zero attached hydrogens (tertiary/aromatic N) is 1. The van der Waals surface area contributed by atoms with Gasteiger partial charge in [-0.3, -0.25) is 10.1 Å². The summed E-state index contributed by atoms with van der Waals surface area (Å²) < 4.78 is 4.79. The van der Waals surface area contributed by atoms with Crippen molar-refractivity contribution in [3.63, 3.8) is 0 Å². The smallest absolute Gasteiger partial charge is 0.340 e. The standard InChI is InChI=1S/C6H4ClNO3/c7-6(8(9)10)4-5-2-1-3-11-5/h1-4H. The maximum Gasteiger partial charge on any atom is 0.340 e. The van der Waals surface area contributed by atoms with Gasteiger partial charge in [-0.05, 0) is 23.7 Å². The summed E-state index contributed by atoms with van der Waals surface area (Å²) in [5, 5.41) is 9.53. The minimum atomic E-state index is -0.690. The van der Waals surface area contributed by atoms with Gasteiger partial charge in [-0.1, -0.05) is 0 Å². The van der Waals surface area contributed by atoms with Crippen molar-refractivity contribution in [1.82, 2.24) is 0 Å². The van der Waals surface area contributed by atoms with E-state index in [-0.39, 0.29) is 0 Å². The van der Waals surface area contributed by atoms with Crippen LogP contribution in [0, 0.1) is 10.1 Å². The van der Waals surface area contributed by atoms with Gasteiger partial charge in [-0.25, -0.2) is 0 Å². The predicted molar refractivity (Wildman–Crippen MR) is 39.5 cm³/mol. The van der Waals surface area contributed by atoms with E-state index >= 15 is 0 Å². The lowest BCUT2D eigenvalue weighted by Crippen LogP contribution is -1.89. The molecule has 0 aliphatic carbocycles. The van der Waals surface area contributed by atoms with Crippen molar-refractivity contribution in [3.05, 3.63) is 39.4 Å². The lowest BCUT2D eigenvalue weighted by molar-refractivity contribution is -0.410. The van der Waals surface area contributed by atoms with Crippen molar-refractivity contribution in [2.24, 2.45) is 0 Å². The van der Waals surface area contributed by atoms with Gasteiger partial charge in [0.2, 0.25) is 0 Å². The van der Waals surface area contributed by atoms with Crippen LogP contribution in [0.4, 0.5) is 0 Å². The quantitative estimate of drug-likeness (QED) is 0.391. The first kappa shape index (κ1) is 7.81. The molecule has 11 heavy (non-hydrogen) atoms. The molecule has 58 valence electrons. The topological polar surface area (TPSA) is 56.3 Å². The summed E-state index contributed by atoms with van der Waals surface area (Å²) in [6, 6.07) is 3.20. The Hall–Kier alpha value is -1.29. The highest BCUT2D eigenvalue weighted by Crippen LogP contribution is 2.10. The third-order valence-corrected chi connectivity index (χ3v) is 1.23. The van der Waals surface area contributed by atoms with Gasteiger partial charge in [0.25, 0.3) is 0 Å². The summed E-state index contributed by atoms with van der Waals surface area (Å²) in [5.41, 5.74) is 0. The van der Waals surface area contributed by atoms with Crippen LogP contribution in [0.25, 0.3) is 6.08 Å². The normalized spacial score (nSPS) is 11.5. The highest BCUT2D eigenvalue weighted by Gasteiger charge is 2.05. The van der Waals surface area contributed by atoms with E-state index in [1.165, 1.54) is 6.26 Å². The molecule has 4 nitrogen and oxygen atoms in total. The molecule has 1 aromatic rings. The Balaban J connectivity index is 2.82. The van der Waals surface area contributed by atoms with Crippen molar-refractivity contribution in [1.29, 1.82) is 0 Å². The first-order valence-electron chi connectivity index (χ1n) is 2.75. The van der Waals surface area contributed by atoms with Gasteiger partial charge in [0.1, 0.15) is 5.76 Å². The Morgan fingerprint density at radius 2 is 2.55 bits per heavy atom.